The molecule has 0 aliphatic carbocycles. The van der Waals surface area contributed by atoms with Gasteiger partial charge >= 0.3 is 41.9 Å². The van der Waals surface area contributed by atoms with Gasteiger partial charge in [0.05, 0.1) is 19.8 Å². The van der Waals surface area contributed by atoms with Crippen LogP contribution in [-0.4, -0.2) is 119 Å². The second kappa shape index (κ2) is 49.8. The van der Waals surface area contributed by atoms with Crippen molar-refractivity contribution in [3.05, 3.63) is 36.5 Å². The molecule has 0 saturated carbocycles. The van der Waals surface area contributed by atoms with Gasteiger partial charge in [0.25, 0.3) is 0 Å². The van der Waals surface area contributed by atoms with Gasteiger partial charge in [-0.3, -0.25) is 28.8 Å². The number of unbranched alkanes of at least 4 members (excludes halogenated alkanes) is 15. The van der Waals surface area contributed by atoms with Gasteiger partial charge in [0.1, 0.15) is 31.8 Å². The van der Waals surface area contributed by atoms with E-state index in [0.29, 0.717) is 110 Å². The van der Waals surface area contributed by atoms with Gasteiger partial charge in [0.15, 0.2) is 0 Å². The third-order valence-corrected chi connectivity index (χ3v) is 12.9. The highest BCUT2D eigenvalue weighted by Crippen LogP contribution is 2.23. The quantitative estimate of drug-likeness (QED) is 0.0261. The van der Waals surface area contributed by atoms with Crippen LogP contribution in [0.3, 0.4) is 0 Å². The van der Waals surface area contributed by atoms with E-state index >= 15 is 0 Å². The van der Waals surface area contributed by atoms with Gasteiger partial charge < -0.3 is 43.4 Å². The first-order valence-electron chi connectivity index (χ1n) is 29.5. The summed E-state index contributed by atoms with van der Waals surface area (Å²) in [4.78, 5) is 91.6. The smallest absolute Gasteiger partial charge is 0.407 e. The molecule has 1 saturated heterocycles. The van der Waals surface area contributed by atoms with E-state index in [0.717, 1.165) is 64.5 Å². The molecule has 76 heavy (non-hydrogen) atoms. The number of carbonyl (C=O) groups is 7. The molecule has 0 bridgehead atoms. The number of esters is 6. The summed E-state index contributed by atoms with van der Waals surface area (Å²) in [5.41, 5.74) is -1.45. The summed E-state index contributed by atoms with van der Waals surface area (Å²) in [6, 6.07) is 0. The summed E-state index contributed by atoms with van der Waals surface area (Å²) in [6.07, 6.45) is 35.2. The van der Waals surface area contributed by atoms with Crippen LogP contribution in [0.5, 0.6) is 0 Å². The van der Waals surface area contributed by atoms with E-state index in [2.05, 4.69) is 49.2 Å². The molecule has 16 heteroatoms. The standard InChI is InChI=1S/C60H102N2O14/c1-4-7-10-13-16-19-33-46-70-53(63)36-25-22-28-39-56(66)73-49-60(52-76-59(69)61-42-45-62-43-31-32-44-62,50-74-57(67)40-29-23-26-37-54(64)71-47-34-20-17-14-11-8-5-2)51-75-58(68)41-30-24-27-38-55(65)72-48-35-21-18-15-12-9-6-3/h16-21H,4-15,22-52H2,1-3H3,(H,61,69)/b19-16-,20-17-,21-18-. The van der Waals surface area contributed by atoms with E-state index in [1.165, 1.54) is 38.5 Å². The summed E-state index contributed by atoms with van der Waals surface area (Å²) >= 11 is 0. The van der Waals surface area contributed by atoms with Gasteiger partial charge in [0.2, 0.25) is 0 Å². The largest absolute Gasteiger partial charge is 0.465 e. The van der Waals surface area contributed by atoms with Crippen LogP contribution in [0.15, 0.2) is 36.5 Å². The number of rotatable bonds is 50. The Balaban J connectivity index is 2.87. The predicted molar refractivity (Wildman–Crippen MR) is 296 cm³/mol. The first-order chi connectivity index (χ1) is 37.0. The third-order valence-electron chi connectivity index (χ3n) is 12.9. The van der Waals surface area contributed by atoms with E-state index in [9.17, 15) is 33.6 Å². The Hall–Kier alpha value is -4.73. The molecule has 0 aromatic carbocycles. The fourth-order valence-corrected chi connectivity index (χ4v) is 8.09. The number of hydrogen-bond donors (Lipinski definition) is 1. The third kappa shape index (κ3) is 43.4. The molecular formula is C60H102N2O14. The predicted octanol–water partition coefficient (Wildman–Crippen LogP) is 12.5. The van der Waals surface area contributed by atoms with Gasteiger partial charge in [-0.2, -0.15) is 0 Å². The monoisotopic (exact) mass is 1070 g/mol. The lowest BCUT2D eigenvalue weighted by Gasteiger charge is -2.31. The van der Waals surface area contributed by atoms with Gasteiger partial charge in [-0.25, -0.2) is 4.79 Å². The zero-order valence-corrected chi connectivity index (χ0v) is 47.5. The molecule has 1 heterocycles. The highest BCUT2D eigenvalue weighted by molar-refractivity contribution is 5.72. The van der Waals surface area contributed by atoms with Gasteiger partial charge in [-0.05, 0) is 122 Å². The topological polar surface area (TPSA) is 199 Å². The molecule has 16 nitrogen and oxygen atoms in total. The maximum absolute atomic E-state index is 13.2. The van der Waals surface area contributed by atoms with Crippen LogP contribution in [-0.2, 0) is 61.9 Å². The van der Waals surface area contributed by atoms with E-state index in [1.54, 1.807) is 0 Å². The van der Waals surface area contributed by atoms with E-state index < -0.39 is 36.0 Å². The van der Waals surface area contributed by atoms with Gasteiger partial charge in [-0.15, -0.1) is 0 Å². The van der Waals surface area contributed by atoms with Crippen molar-refractivity contribution >= 4 is 41.9 Å². The number of nitrogens with zero attached hydrogens (tertiary/aromatic N) is 1. The van der Waals surface area contributed by atoms with Crippen LogP contribution in [0.1, 0.15) is 226 Å². The van der Waals surface area contributed by atoms with Gasteiger partial charge in [-0.1, -0.05) is 115 Å². The molecule has 1 aliphatic rings. The minimum atomic E-state index is -1.45. The lowest BCUT2D eigenvalue weighted by molar-refractivity contribution is -0.165. The molecule has 1 fully saturated rings. The molecule has 1 rings (SSSR count). The summed E-state index contributed by atoms with van der Waals surface area (Å²) < 4.78 is 38.9. The Labute approximate surface area is 457 Å². The number of hydrogen-bond acceptors (Lipinski definition) is 15. The van der Waals surface area contributed by atoms with Crippen LogP contribution >= 0.6 is 0 Å². The summed E-state index contributed by atoms with van der Waals surface area (Å²) in [5, 5.41) is 2.76. The SMILES string of the molecule is CCCCC/C=C\CCOC(=O)CCCCCC(=O)OCC(COC(=O)CCCCCC(=O)OCC/C=C\CCCCC)(COC(=O)CCCCCC(=O)OCC/C=C\CCCCC)COC(=O)NCCN1CCCC1. The molecule has 1 N–H and O–H groups in total. The Morgan fingerprint density at radius 1 is 0.382 bits per heavy atom. The van der Waals surface area contributed by atoms with Crippen LogP contribution in [0.2, 0.25) is 0 Å². The molecular weight excluding hydrogens is 973 g/mol. The average molecular weight is 1080 g/mol. The number of allylic oxidation sites excluding steroid dienone is 3. The van der Waals surface area contributed by atoms with Crippen molar-refractivity contribution in [3.63, 3.8) is 0 Å². The number of amides is 1. The minimum Gasteiger partial charge on any atom is -0.465 e. The molecule has 436 valence electrons. The van der Waals surface area contributed by atoms with Gasteiger partial charge in [0, 0.05) is 51.6 Å². The van der Waals surface area contributed by atoms with E-state index in [-0.39, 0.29) is 76.3 Å². The molecule has 0 aromatic rings. The Morgan fingerprint density at radius 2 is 0.684 bits per heavy atom. The molecule has 1 aliphatic heterocycles. The molecule has 0 aromatic heterocycles. The van der Waals surface area contributed by atoms with Crippen molar-refractivity contribution in [1.82, 2.24) is 10.2 Å². The van der Waals surface area contributed by atoms with Crippen molar-refractivity contribution in [1.29, 1.82) is 0 Å². The lowest BCUT2D eigenvalue weighted by Crippen LogP contribution is -2.45. The summed E-state index contributed by atoms with van der Waals surface area (Å²) in [5.74, 6) is -2.51. The second-order valence-electron chi connectivity index (χ2n) is 20.1. The van der Waals surface area contributed by atoms with Crippen molar-refractivity contribution in [2.24, 2.45) is 5.41 Å². The molecule has 0 radical (unpaired) electrons. The van der Waals surface area contributed by atoms with Crippen molar-refractivity contribution in [2.75, 3.05) is 72.4 Å². The van der Waals surface area contributed by atoms with Crippen molar-refractivity contribution in [2.45, 2.75) is 226 Å². The fraction of sp³-hybridized carbons (Fsp3) is 0.783. The maximum Gasteiger partial charge on any atom is 0.407 e. The first kappa shape index (κ1) is 69.3. The molecule has 0 atom stereocenters. The Kier molecular flexibility index (Phi) is 45.4. The van der Waals surface area contributed by atoms with Crippen LogP contribution < -0.4 is 5.32 Å². The maximum atomic E-state index is 13.2. The highest BCUT2D eigenvalue weighted by atomic mass is 16.6. The number of likely N-dealkylation sites (tertiary alicyclic amines) is 1. The summed E-state index contributed by atoms with van der Waals surface area (Å²) in [6.45, 7) is 8.85. The van der Waals surface area contributed by atoms with Crippen LogP contribution in [0, 0.1) is 5.41 Å². The highest BCUT2D eigenvalue weighted by Gasteiger charge is 2.38. The number of carbonyl (C=O) groups excluding carboxylic acids is 7. The number of ether oxygens (including phenoxy) is 7. The zero-order chi connectivity index (χ0) is 55.4. The van der Waals surface area contributed by atoms with Crippen LogP contribution in [0.4, 0.5) is 4.79 Å². The van der Waals surface area contributed by atoms with E-state index in [4.69, 9.17) is 33.2 Å². The fourth-order valence-electron chi connectivity index (χ4n) is 8.09. The lowest BCUT2D eigenvalue weighted by atomic mass is 9.92. The first-order valence-corrected chi connectivity index (χ1v) is 29.5. The normalized spacial score (nSPS) is 12.8. The van der Waals surface area contributed by atoms with E-state index in [1.807, 2.05) is 18.2 Å². The molecule has 0 spiro atoms. The molecule has 0 unspecified atom stereocenters. The Bertz CT molecular complexity index is 1470. The molecule has 1 amide bonds. The Morgan fingerprint density at radius 3 is 1.01 bits per heavy atom. The zero-order valence-electron chi connectivity index (χ0n) is 47.5. The van der Waals surface area contributed by atoms with Crippen LogP contribution in [0.25, 0.3) is 0 Å². The minimum absolute atomic E-state index is 0.0405. The van der Waals surface area contributed by atoms with Crippen molar-refractivity contribution in [3.8, 4) is 0 Å². The average Bonchev–Trinajstić information content (AvgIpc) is 3.94. The number of nitrogens with one attached hydrogen (secondary N) is 1. The van der Waals surface area contributed by atoms with Crippen molar-refractivity contribution < 1.29 is 66.7 Å². The summed E-state index contributed by atoms with van der Waals surface area (Å²) in [7, 11) is 0. The second-order valence-corrected chi connectivity index (χ2v) is 20.1. The number of alkyl carbamates (subject to hydrolysis) is 1.